The fourth-order valence-electron chi connectivity index (χ4n) is 4.53. The number of rotatable bonds is 7. The largest absolute Gasteiger partial charge is 0.379 e. The Kier molecular flexibility index (Phi) is 6.73. The van der Waals surface area contributed by atoms with Gasteiger partial charge in [0.25, 0.3) is 0 Å². The second kappa shape index (κ2) is 9.73. The average Bonchev–Trinajstić information content (AvgIpc) is 3.29. The van der Waals surface area contributed by atoms with Gasteiger partial charge in [-0.3, -0.25) is 0 Å². The van der Waals surface area contributed by atoms with Gasteiger partial charge in [0, 0.05) is 32.6 Å². The van der Waals surface area contributed by atoms with Gasteiger partial charge in [-0.2, -0.15) is 4.31 Å². The van der Waals surface area contributed by atoms with Crippen molar-refractivity contribution in [1.82, 2.24) is 28.6 Å². The van der Waals surface area contributed by atoms with Crippen LogP contribution in [-0.2, 0) is 40.0 Å². The molecule has 5 rings (SSSR count). The monoisotopic (exact) mass is 490 g/mol. The van der Waals surface area contributed by atoms with E-state index in [1.807, 2.05) is 6.07 Å². The summed E-state index contributed by atoms with van der Waals surface area (Å²) < 4.78 is 37.5. The van der Waals surface area contributed by atoms with E-state index in [1.165, 1.54) is 17.1 Å². The number of ether oxygens (including phenoxy) is 1. The van der Waals surface area contributed by atoms with Crippen LogP contribution in [-0.4, -0.2) is 63.3 Å². The summed E-state index contributed by atoms with van der Waals surface area (Å²) in [6.07, 6.45) is 5.52. The number of nitrogens with zero attached hydrogens (tertiary/aromatic N) is 6. The van der Waals surface area contributed by atoms with Crippen LogP contribution in [0.4, 0.5) is 0 Å². The van der Waals surface area contributed by atoms with Gasteiger partial charge in [-0.15, -0.1) is 10.2 Å². The third-order valence-corrected chi connectivity index (χ3v) is 9.12. The third kappa shape index (κ3) is 4.55. The van der Waals surface area contributed by atoms with Gasteiger partial charge in [-0.05, 0) is 37.5 Å². The van der Waals surface area contributed by atoms with Crippen LogP contribution < -0.4 is 0 Å². The van der Waals surface area contributed by atoms with Gasteiger partial charge >= 0.3 is 0 Å². The SMILES string of the molecule is CCCn1c(CSc2nnc3n2CCCCC3)nc2cc(S(=O)(=O)N3CCOCC3)ccc21. The lowest BCUT2D eigenvalue weighted by Crippen LogP contribution is -2.40. The lowest BCUT2D eigenvalue weighted by Gasteiger charge is -2.26. The Labute approximate surface area is 198 Å². The van der Waals surface area contributed by atoms with Gasteiger partial charge in [-0.1, -0.05) is 25.1 Å². The molecule has 33 heavy (non-hydrogen) atoms. The van der Waals surface area contributed by atoms with Crippen molar-refractivity contribution in [3.8, 4) is 0 Å². The molecule has 0 aliphatic carbocycles. The minimum absolute atomic E-state index is 0.292. The zero-order valence-corrected chi connectivity index (χ0v) is 20.6. The van der Waals surface area contributed by atoms with Crippen LogP contribution >= 0.6 is 11.8 Å². The summed E-state index contributed by atoms with van der Waals surface area (Å²) in [7, 11) is -3.55. The number of morpholine rings is 1. The zero-order chi connectivity index (χ0) is 22.8. The molecule has 1 fully saturated rings. The van der Waals surface area contributed by atoms with E-state index in [1.54, 1.807) is 23.9 Å². The predicted molar refractivity (Wildman–Crippen MR) is 127 cm³/mol. The van der Waals surface area contributed by atoms with Crippen LogP contribution in [0.5, 0.6) is 0 Å². The maximum atomic E-state index is 13.1. The molecule has 0 bridgehead atoms. The molecule has 4 heterocycles. The summed E-state index contributed by atoms with van der Waals surface area (Å²) in [5.41, 5.74) is 1.68. The molecule has 0 atom stereocenters. The average molecular weight is 491 g/mol. The molecule has 0 saturated carbocycles. The highest BCUT2D eigenvalue weighted by Gasteiger charge is 2.27. The van der Waals surface area contributed by atoms with Crippen LogP contribution in [0.2, 0.25) is 0 Å². The molecule has 9 nitrogen and oxygen atoms in total. The van der Waals surface area contributed by atoms with Crippen molar-refractivity contribution in [3.63, 3.8) is 0 Å². The molecule has 0 N–H and O–H groups in total. The van der Waals surface area contributed by atoms with Crippen LogP contribution in [0, 0.1) is 0 Å². The van der Waals surface area contributed by atoms with E-state index >= 15 is 0 Å². The first kappa shape index (κ1) is 22.8. The van der Waals surface area contributed by atoms with E-state index in [2.05, 4.69) is 26.3 Å². The number of sulfonamides is 1. The van der Waals surface area contributed by atoms with Gasteiger partial charge in [0.1, 0.15) is 11.6 Å². The van der Waals surface area contributed by atoms with Gasteiger partial charge in [0.05, 0.1) is 34.9 Å². The van der Waals surface area contributed by atoms with Gasteiger partial charge in [0.2, 0.25) is 10.0 Å². The number of benzene rings is 1. The summed E-state index contributed by atoms with van der Waals surface area (Å²) in [5, 5.41) is 9.77. The Morgan fingerprint density at radius 3 is 2.76 bits per heavy atom. The van der Waals surface area contributed by atoms with Gasteiger partial charge in [-0.25, -0.2) is 13.4 Å². The molecule has 11 heteroatoms. The van der Waals surface area contributed by atoms with Crippen molar-refractivity contribution in [2.24, 2.45) is 0 Å². The van der Waals surface area contributed by atoms with Crippen molar-refractivity contribution in [1.29, 1.82) is 0 Å². The number of aryl methyl sites for hydroxylation is 2. The Morgan fingerprint density at radius 1 is 1.09 bits per heavy atom. The number of fused-ring (bicyclic) bond motifs is 2. The molecule has 3 aromatic rings. The fraction of sp³-hybridized carbons (Fsp3) is 0.591. The third-order valence-electron chi connectivity index (χ3n) is 6.26. The van der Waals surface area contributed by atoms with Crippen molar-refractivity contribution < 1.29 is 13.2 Å². The smallest absolute Gasteiger partial charge is 0.243 e. The van der Waals surface area contributed by atoms with E-state index in [4.69, 9.17) is 9.72 Å². The first-order valence-electron chi connectivity index (χ1n) is 11.7. The van der Waals surface area contributed by atoms with Crippen molar-refractivity contribution in [3.05, 3.63) is 29.8 Å². The van der Waals surface area contributed by atoms with E-state index in [9.17, 15) is 8.42 Å². The Bertz CT molecular complexity index is 1230. The Hall–Kier alpha value is -1.95. The first-order chi connectivity index (χ1) is 16.1. The predicted octanol–water partition coefficient (Wildman–Crippen LogP) is 3.08. The molecular weight excluding hydrogens is 460 g/mol. The highest BCUT2D eigenvalue weighted by atomic mass is 32.2. The summed E-state index contributed by atoms with van der Waals surface area (Å²) in [4.78, 5) is 5.15. The Balaban J connectivity index is 1.43. The summed E-state index contributed by atoms with van der Waals surface area (Å²) >= 11 is 1.66. The van der Waals surface area contributed by atoms with E-state index in [0.717, 1.165) is 54.7 Å². The summed E-state index contributed by atoms with van der Waals surface area (Å²) in [6.45, 7) is 5.57. The number of hydrogen-bond donors (Lipinski definition) is 0. The highest BCUT2D eigenvalue weighted by Crippen LogP contribution is 2.28. The van der Waals surface area contributed by atoms with Crippen LogP contribution in [0.25, 0.3) is 11.0 Å². The molecule has 0 radical (unpaired) electrons. The summed E-state index contributed by atoms with van der Waals surface area (Å²) in [5.74, 6) is 2.68. The van der Waals surface area contributed by atoms with Gasteiger partial charge in [0.15, 0.2) is 5.16 Å². The molecule has 2 aromatic heterocycles. The van der Waals surface area contributed by atoms with E-state index in [0.29, 0.717) is 42.5 Å². The molecule has 2 aliphatic rings. The minimum Gasteiger partial charge on any atom is -0.379 e. The second-order valence-corrected chi connectivity index (χ2v) is 11.4. The lowest BCUT2D eigenvalue weighted by atomic mass is 10.2. The lowest BCUT2D eigenvalue weighted by molar-refractivity contribution is 0.0730. The van der Waals surface area contributed by atoms with E-state index < -0.39 is 10.0 Å². The quantitative estimate of drug-likeness (QED) is 0.470. The topological polar surface area (TPSA) is 95.1 Å². The van der Waals surface area contributed by atoms with Crippen molar-refractivity contribution >= 4 is 32.8 Å². The molecule has 2 aliphatic heterocycles. The maximum Gasteiger partial charge on any atom is 0.243 e. The molecule has 1 aromatic carbocycles. The second-order valence-electron chi connectivity index (χ2n) is 8.50. The number of hydrogen-bond acceptors (Lipinski definition) is 7. The first-order valence-corrected chi connectivity index (χ1v) is 14.1. The van der Waals surface area contributed by atoms with Crippen LogP contribution in [0.3, 0.4) is 0 Å². The number of thioether (sulfide) groups is 1. The number of imidazole rings is 1. The molecule has 0 unspecified atom stereocenters. The van der Waals surface area contributed by atoms with Gasteiger partial charge < -0.3 is 13.9 Å². The van der Waals surface area contributed by atoms with Crippen molar-refractivity contribution in [2.75, 3.05) is 26.3 Å². The minimum atomic E-state index is -3.55. The zero-order valence-electron chi connectivity index (χ0n) is 18.9. The molecular formula is C22H30N6O3S2. The Morgan fingerprint density at radius 2 is 1.94 bits per heavy atom. The maximum absolute atomic E-state index is 13.1. The van der Waals surface area contributed by atoms with Crippen molar-refractivity contribution in [2.45, 2.75) is 67.9 Å². The van der Waals surface area contributed by atoms with Crippen LogP contribution in [0.15, 0.2) is 28.3 Å². The fourth-order valence-corrected chi connectivity index (χ4v) is 6.89. The molecule has 0 amide bonds. The number of aromatic nitrogens is 5. The van der Waals surface area contributed by atoms with Crippen LogP contribution in [0.1, 0.15) is 44.3 Å². The van der Waals surface area contributed by atoms with E-state index in [-0.39, 0.29) is 0 Å². The molecule has 0 spiro atoms. The normalized spacial score (nSPS) is 17.8. The summed E-state index contributed by atoms with van der Waals surface area (Å²) in [6, 6.07) is 5.31. The standard InChI is InChI=1S/C22H30N6O3S2/c1-2-9-27-19-8-7-17(33(29,30)26-11-13-31-14-12-26)15-18(19)23-21(27)16-32-22-25-24-20-6-4-3-5-10-28(20)22/h7-8,15H,2-6,9-14,16H2,1H3. The highest BCUT2D eigenvalue weighted by molar-refractivity contribution is 7.98. The molecule has 178 valence electrons. The molecule has 1 saturated heterocycles.